The molecule has 3 nitrogen and oxygen atoms in total. The summed E-state index contributed by atoms with van der Waals surface area (Å²) in [4.78, 5) is 10.2. The van der Waals surface area contributed by atoms with E-state index in [1.165, 1.54) is 11.8 Å². The fourth-order valence-corrected chi connectivity index (χ4v) is 4.34. The summed E-state index contributed by atoms with van der Waals surface area (Å²) in [5, 5.41) is 10.0. The number of nitroso groups, excluding NO2 is 1. The number of fused-ring (bicyclic) bond motifs is 1. The second-order valence-electron chi connectivity index (χ2n) is 2.88. The number of aliphatic hydroxyl groups is 1. The Morgan fingerprint density at radius 2 is 2.36 bits per heavy atom. The highest BCUT2D eigenvalue weighted by molar-refractivity contribution is 8.07. The normalized spacial score (nSPS) is 44.1. The minimum absolute atomic E-state index is 0.138. The maximum Gasteiger partial charge on any atom is 0.231 e. The lowest BCUT2D eigenvalue weighted by atomic mass is 10.3. The van der Waals surface area contributed by atoms with Crippen LogP contribution in [-0.2, 0) is 0 Å². The minimum atomic E-state index is -0.745. The summed E-state index contributed by atoms with van der Waals surface area (Å²) in [6.07, 6.45) is 0. The molecule has 2 atom stereocenters. The Labute approximate surface area is 73.5 Å². The molecule has 2 rings (SSSR count). The van der Waals surface area contributed by atoms with Gasteiger partial charge in [0.2, 0.25) is 13.1 Å². The lowest BCUT2D eigenvalue weighted by Crippen LogP contribution is -2.39. The zero-order valence-corrected chi connectivity index (χ0v) is 7.66. The summed E-state index contributed by atoms with van der Waals surface area (Å²) in [6, 6.07) is 0. The van der Waals surface area contributed by atoms with E-state index < -0.39 is 4.93 Å². The smallest absolute Gasteiger partial charge is 0.231 e. The first-order chi connectivity index (χ1) is 5.21. The summed E-state index contributed by atoms with van der Waals surface area (Å²) in [7, 11) is 0. The fraction of sp³-hybridized carbons (Fsp3) is 1.00. The first-order valence-corrected chi connectivity index (χ1v) is 5.64. The molecule has 0 saturated carbocycles. The van der Waals surface area contributed by atoms with Crippen molar-refractivity contribution in [3.63, 3.8) is 0 Å². The van der Waals surface area contributed by atoms with Gasteiger partial charge >= 0.3 is 0 Å². The van der Waals surface area contributed by atoms with Gasteiger partial charge in [-0.05, 0) is 0 Å². The zero-order chi connectivity index (χ0) is 7.90. The van der Waals surface area contributed by atoms with Crippen molar-refractivity contribution in [1.29, 1.82) is 0 Å². The van der Waals surface area contributed by atoms with Crippen LogP contribution in [0, 0.1) is 4.91 Å². The fourth-order valence-electron chi connectivity index (χ4n) is 1.48. The molecule has 2 heterocycles. The largest absolute Gasteiger partial charge is 0.372 e. The van der Waals surface area contributed by atoms with Gasteiger partial charge in [0.05, 0.1) is 0 Å². The van der Waals surface area contributed by atoms with Crippen molar-refractivity contribution in [2.45, 2.75) is 10.2 Å². The van der Waals surface area contributed by atoms with Crippen molar-refractivity contribution in [2.75, 3.05) is 24.6 Å². The van der Waals surface area contributed by atoms with E-state index in [-0.39, 0.29) is 11.8 Å². The third kappa shape index (κ3) is 1.29. The molecule has 0 radical (unpaired) electrons. The number of rotatable bonds is 0. The van der Waals surface area contributed by atoms with Crippen molar-refractivity contribution >= 4 is 23.5 Å². The Morgan fingerprint density at radius 1 is 1.55 bits per heavy atom. The number of nitrogens with zero attached hydrogens (tertiary/aromatic N) is 1. The van der Waals surface area contributed by atoms with E-state index in [2.05, 4.69) is 0 Å². The molecule has 0 aromatic carbocycles. The topological polar surface area (TPSA) is 40.3 Å². The summed E-state index contributed by atoms with van der Waals surface area (Å²) in [6.45, 7) is 0.781. The predicted molar refractivity (Wildman–Crippen MR) is 47.0 cm³/mol. The molecule has 2 fully saturated rings. The van der Waals surface area contributed by atoms with Crippen molar-refractivity contribution in [3.8, 4) is 0 Å². The highest BCUT2D eigenvalue weighted by Crippen LogP contribution is 2.42. The summed E-state index contributed by atoms with van der Waals surface area (Å²) in [5.74, 6) is 2.02. The Balaban J connectivity index is 2.17. The first kappa shape index (κ1) is 7.89. The second-order valence-corrected chi connectivity index (χ2v) is 5.59. The van der Waals surface area contributed by atoms with Crippen LogP contribution in [0.3, 0.4) is 0 Å². The molecule has 0 aliphatic carbocycles. The van der Waals surface area contributed by atoms with Gasteiger partial charge in [0.15, 0.2) is 4.93 Å². The highest BCUT2D eigenvalue weighted by Gasteiger charge is 2.54. The average molecular weight is 192 g/mol. The molecule has 0 spiro atoms. The van der Waals surface area contributed by atoms with E-state index in [1.54, 1.807) is 11.8 Å². The van der Waals surface area contributed by atoms with Crippen LogP contribution in [0.1, 0.15) is 0 Å². The molecule has 0 bridgehead atoms. The maximum atomic E-state index is 10.9. The van der Waals surface area contributed by atoms with Crippen LogP contribution < -0.4 is 0 Å². The van der Waals surface area contributed by atoms with Crippen LogP contribution in [0.15, 0.2) is 0 Å². The van der Waals surface area contributed by atoms with Crippen LogP contribution >= 0.6 is 23.5 Å². The van der Waals surface area contributed by atoms with Crippen molar-refractivity contribution in [3.05, 3.63) is 4.91 Å². The third-order valence-corrected chi connectivity index (χ3v) is 5.14. The van der Waals surface area contributed by atoms with E-state index in [9.17, 15) is 10.0 Å². The van der Waals surface area contributed by atoms with E-state index in [0.29, 0.717) is 6.54 Å². The SMILES string of the molecule is O=[N+]1CC2SCCSC2(O)C1. The van der Waals surface area contributed by atoms with E-state index in [1.807, 2.05) is 0 Å². The molecule has 5 heteroatoms. The maximum absolute atomic E-state index is 10.9. The summed E-state index contributed by atoms with van der Waals surface area (Å²) >= 11 is 3.26. The molecule has 2 unspecified atom stereocenters. The Hall–Kier alpha value is 0.260. The lowest BCUT2D eigenvalue weighted by Gasteiger charge is -2.27. The average Bonchev–Trinajstić information content (AvgIpc) is 2.22. The molecule has 2 saturated heterocycles. The Morgan fingerprint density at radius 3 is 3.09 bits per heavy atom. The van der Waals surface area contributed by atoms with Gasteiger partial charge in [-0.2, -0.15) is 0 Å². The number of thioether (sulfide) groups is 2. The van der Waals surface area contributed by atoms with E-state index >= 15 is 0 Å². The predicted octanol–water partition coefficient (Wildman–Crippen LogP) is 0.316. The van der Waals surface area contributed by atoms with Crippen molar-refractivity contribution in [1.82, 2.24) is 0 Å². The molecule has 0 aromatic heterocycles. The van der Waals surface area contributed by atoms with E-state index in [0.717, 1.165) is 16.3 Å². The minimum Gasteiger partial charge on any atom is -0.372 e. The van der Waals surface area contributed by atoms with Gasteiger partial charge in [-0.1, -0.05) is 0 Å². The standard InChI is InChI=1S/C6H10NO2S2/c8-6-4-7(9)3-5(6)10-1-2-11-6/h5,8H,1-4H2/q+1. The van der Waals surface area contributed by atoms with Crippen LogP contribution in [-0.4, -0.2) is 44.6 Å². The van der Waals surface area contributed by atoms with Gasteiger partial charge in [0.25, 0.3) is 0 Å². The van der Waals surface area contributed by atoms with Crippen molar-refractivity contribution in [2.24, 2.45) is 0 Å². The number of hydrogen-bond donors (Lipinski definition) is 1. The number of hydrogen-bond acceptors (Lipinski definition) is 4. The molecule has 62 valence electrons. The summed E-state index contributed by atoms with van der Waals surface area (Å²) < 4.78 is 0.968. The van der Waals surface area contributed by atoms with Gasteiger partial charge in [-0.3, -0.25) is 0 Å². The van der Waals surface area contributed by atoms with Gasteiger partial charge in [-0.25, -0.2) is 0 Å². The van der Waals surface area contributed by atoms with Crippen LogP contribution in [0.25, 0.3) is 0 Å². The quantitative estimate of drug-likeness (QED) is 0.561. The molecular formula is C6H10NO2S2+. The molecule has 0 aromatic rings. The highest BCUT2D eigenvalue weighted by atomic mass is 32.2. The molecule has 2 aliphatic rings. The molecule has 2 aliphatic heterocycles. The summed E-state index contributed by atoms with van der Waals surface area (Å²) in [5.41, 5.74) is 0. The van der Waals surface area contributed by atoms with Gasteiger partial charge < -0.3 is 5.11 Å². The number of β-amino-alcohol motifs (C(OH)–C–C–N with tert-alkyl or cyclic N) is 1. The third-order valence-electron chi connectivity index (χ3n) is 2.03. The lowest BCUT2D eigenvalue weighted by molar-refractivity contribution is -0.531. The van der Waals surface area contributed by atoms with Crippen LogP contribution in [0.4, 0.5) is 0 Å². The first-order valence-electron chi connectivity index (χ1n) is 3.61. The monoisotopic (exact) mass is 192 g/mol. The zero-order valence-electron chi connectivity index (χ0n) is 6.02. The second kappa shape index (κ2) is 2.64. The molecule has 1 N–H and O–H groups in total. The molecular weight excluding hydrogens is 182 g/mol. The van der Waals surface area contributed by atoms with Gasteiger partial charge in [0, 0.05) is 21.2 Å². The van der Waals surface area contributed by atoms with Gasteiger partial charge in [-0.15, -0.1) is 23.5 Å². The Kier molecular flexibility index (Phi) is 1.89. The Bertz CT molecular complexity index is 199. The van der Waals surface area contributed by atoms with Crippen LogP contribution in [0.5, 0.6) is 0 Å². The van der Waals surface area contributed by atoms with Crippen molar-refractivity contribution < 1.29 is 9.87 Å². The molecule has 0 amide bonds. The van der Waals surface area contributed by atoms with Gasteiger partial charge in [0.1, 0.15) is 5.25 Å². The van der Waals surface area contributed by atoms with E-state index in [4.69, 9.17) is 0 Å². The van der Waals surface area contributed by atoms with Crippen LogP contribution in [0.2, 0.25) is 0 Å². The molecule has 11 heavy (non-hydrogen) atoms.